The SMILES string of the molecule is CC.CCN(C)C.c1ccc2c(c1)-c1cccc3cccc-2c13. The smallest absolute Gasteiger partial charge is 0.00264 e. The average molecular weight is 305 g/mol. The Morgan fingerprint density at radius 1 is 0.652 bits per heavy atom. The Kier molecular flexibility index (Phi) is 5.95. The van der Waals surface area contributed by atoms with Gasteiger partial charge in [0.25, 0.3) is 0 Å². The van der Waals surface area contributed by atoms with E-state index < -0.39 is 0 Å². The zero-order valence-corrected chi connectivity index (χ0v) is 14.9. The van der Waals surface area contributed by atoms with Crippen LogP contribution in [0.1, 0.15) is 20.8 Å². The molecule has 3 aromatic rings. The van der Waals surface area contributed by atoms with E-state index >= 15 is 0 Å². The third kappa shape index (κ3) is 3.46. The first kappa shape index (κ1) is 17.2. The number of fused-ring (bicyclic) bond motifs is 3. The molecule has 0 spiro atoms. The molecular weight excluding hydrogens is 278 g/mol. The predicted molar refractivity (Wildman–Crippen MR) is 104 cm³/mol. The van der Waals surface area contributed by atoms with Crippen molar-refractivity contribution >= 4 is 10.8 Å². The fraction of sp³-hybridized carbons (Fsp3) is 0.273. The Labute approximate surface area is 140 Å². The highest BCUT2D eigenvalue weighted by Crippen LogP contribution is 2.46. The monoisotopic (exact) mass is 305 g/mol. The van der Waals surface area contributed by atoms with E-state index in [1.165, 1.54) is 33.0 Å². The molecule has 0 atom stereocenters. The molecule has 1 aliphatic carbocycles. The third-order valence-corrected chi connectivity index (χ3v) is 4.04. The molecule has 0 fully saturated rings. The number of hydrogen-bond donors (Lipinski definition) is 0. The first-order valence-corrected chi connectivity index (χ1v) is 8.48. The molecule has 0 aliphatic heterocycles. The van der Waals surface area contributed by atoms with Crippen LogP contribution in [-0.2, 0) is 0 Å². The van der Waals surface area contributed by atoms with Gasteiger partial charge in [-0.3, -0.25) is 0 Å². The Hall–Kier alpha value is -2.12. The summed E-state index contributed by atoms with van der Waals surface area (Å²) in [6, 6.07) is 21.8. The van der Waals surface area contributed by atoms with Crippen molar-refractivity contribution in [1.29, 1.82) is 0 Å². The van der Waals surface area contributed by atoms with Gasteiger partial charge < -0.3 is 4.90 Å². The number of hydrogen-bond acceptors (Lipinski definition) is 1. The quantitative estimate of drug-likeness (QED) is 0.412. The first-order valence-electron chi connectivity index (χ1n) is 8.48. The molecule has 0 radical (unpaired) electrons. The van der Waals surface area contributed by atoms with Crippen molar-refractivity contribution in [2.24, 2.45) is 0 Å². The zero-order chi connectivity index (χ0) is 16.8. The molecule has 0 saturated carbocycles. The van der Waals surface area contributed by atoms with Crippen LogP contribution in [0.5, 0.6) is 0 Å². The van der Waals surface area contributed by atoms with Gasteiger partial charge in [-0.15, -0.1) is 0 Å². The van der Waals surface area contributed by atoms with Gasteiger partial charge in [0.1, 0.15) is 0 Å². The van der Waals surface area contributed by atoms with Crippen LogP contribution >= 0.6 is 0 Å². The van der Waals surface area contributed by atoms with E-state index in [4.69, 9.17) is 0 Å². The average Bonchev–Trinajstić information content (AvgIpc) is 2.94. The topological polar surface area (TPSA) is 3.24 Å². The van der Waals surface area contributed by atoms with Crippen molar-refractivity contribution < 1.29 is 0 Å². The van der Waals surface area contributed by atoms with Crippen molar-refractivity contribution in [1.82, 2.24) is 4.90 Å². The summed E-state index contributed by atoms with van der Waals surface area (Å²) in [6.45, 7) is 7.26. The molecule has 4 rings (SSSR count). The summed E-state index contributed by atoms with van der Waals surface area (Å²) in [5.74, 6) is 0. The maximum Gasteiger partial charge on any atom is -0.00264 e. The Balaban J connectivity index is 0.000000239. The molecule has 1 heteroatoms. The van der Waals surface area contributed by atoms with Crippen LogP contribution in [0.2, 0.25) is 0 Å². The van der Waals surface area contributed by atoms with Gasteiger partial charge in [-0.05, 0) is 53.7 Å². The van der Waals surface area contributed by atoms with Crippen molar-refractivity contribution in [2.45, 2.75) is 20.8 Å². The second kappa shape index (κ2) is 7.94. The number of benzene rings is 3. The lowest BCUT2D eigenvalue weighted by Gasteiger charge is -2.00. The van der Waals surface area contributed by atoms with Gasteiger partial charge in [0.15, 0.2) is 0 Å². The van der Waals surface area contributed by atoms with Crippen LogP contribution in [-0.4, -0.2) is 25.5 Å². The highest BCUT2D eigenvalue weighted by Gasteiger charge is 2.19. The van der Waals surface area contributed by atoms with Crippen molar-refractivity contribution in [3.63, 3.8) is 0 Å². The minimum absolute atomic E-state index is 1.14. The fourth-order valence-corrected chi connectivity index (χ4v) is 2.74. The van der Waals surface area contributed by atoms with Crippen LogP contribution < -0.4 is 0 Å². The van der Waals surface area contributed by atoms with Crippen molar-refractivity contribution in [3.8, 4) is 22.3 Å². The Morgan fingerprint density at radius 3 is 1.43 bits per heavy atom. The van der Waals surface area contributed by atoms with E-state index in [0.29, 0.717) is 0 Å². The van der Waals surface area contributed by atoms with Gasteiger partial charge in [-0.1, -0.05) is 81.4 Å². The third-order valence-electron chi connectivity index (χ3n) is 4.04. The summed E-state index contributed by atoms with van der Waals surface area (Å²) >= 11 is 0. The molecule has 0 saturated heterocycles. The van der Waals surface area contributed by atoms with Gasteiger partial charge in [0.2, 0.25) is 0 Å². The predicted octanol–water partition coefficient (Wildman–Crippen LogP) is 6.08. The minimum atomic E-state index is 1.14. The molecule has 0 aromatic heterocycles. The van der Waals surface area contributed by atoms with Crippen LogP contribution in [0.4, 0.5) is 0 Å². The molecule has 23 heavy (non-hydrogen) atoms. The lowest BCUT2D eigenvalue weighted by molar-refractivity contribution is 0.434. The Morgan fingerprint density at radius 2 is 1.04 bits per heavy atom. The summed E-state index contributed by atoms with van der Waals surface area (Å²) in [6.07, 6.45) is 0. The summed E-state index contributed by atoms with van der Waals surface area (Å²) in [7, 11) is 4.11. The van der Waals surface area contributed by atoms with E-state index in [0.717, 1.165) is 6.54 Å². The Bertz CT molecular complexity index is 714. The maximum absolute atomic E-state index is 2.22. The molecule has 0 unspecified atom stereocenters. The summed E-state index contributed by atoms with van der Waals surface area (Å²) in [5, 5.41) is 2.75. The summed E-state index contributed by atoms with van der Waals surface area (Å²) in [5.41, 5.74) is 5.50. The molecule has 3 aromatic carbocycles. The fourth-order valence-electron chi connectivity index (χ4n) is 2.74. The minimum Gasteiger partial charge on any atom is -0.310 e. The van der Waals surface area contributed by atoms with Gasteiger partial charge in [-0.2, -0.15) is 0 Å². The molecule has 0 heterocycles. The molecule has 0 N–H and O–H groups in total. The van der Waals surface area contributed by atoms with Gasteiger partial charge in [0, 0.05) is 0 Å². The largest absolute Gasteiger partial charge is 0.310 e. The lowest BCUT2D eigenvalue weighted by atomic mass is 10.0. The van der Waals surface area contributed by atoms with Crippen LogP contribution in [0.3, 0.4) is 0 Å². The normalized spacial score (nSPS) is 10.5. The number of rotatable bonds is 1. The van der Waals surface area contributed by atoms with E-state index in [-0.39, 0.29) is 0 Å². The van der Waals surface area contributed by atoms with Crippen molar-refractivity contribution in [2.75, 3.05) is 20.6 Å². The van der Waals surface area contributed by atoms with Crippen LogP contribution in [0.25, 0.3) is 33.0 Å². The van der Waals surface area contributed by atoms with Gasteiger partial charge in [0.05, 0.1) is 0 Å². The molecular formula is C22H27N. The summed E-state index contributed by atoms with van der Waals surface area (Å²) < 4.78 is 0. The molecule has 1 aliphatic rings. The van der Waals surface area contributed by atoms with E-state index in [9.17, 15) is 0 Å². The number of nitrogens with zero attached hydrogens (tertiary/aromatic N) is 1. The lowest BCUT2D eigenvalue weighted by Crippen LogP contribution is -2.08. The summed E-state index contributed by atoms with van der Waals surface area (Å²) in [4.78, 5) is 2.12. The zero-order valence-electron chi connectivity index (χ0n) is 14.9. The van der Waals surface area contributed by atoms with E-state index in [1.807, 2.05) is 13.8 Å². The van der Waals surface area contributed by atoms with Gasteiger partial charge in [-0.25, -0.2) is 0 Å². The van der Waals surface area contributed by atoms with Crippen LogP contribution in [0, 0.1) is 0 Å². The van der Waals surface area contributed by atoms with Crippen LogP contribution in [0.15, 0.2) is 60.7 Å². The van der Waals surface area contributed by atoms with Crippen molar-refractivity contribution in [3.05, 3.63) is 60.7 Å². The van der Waals surface area contributed by atoms with E-state index in [1.54, 1.807) is 0 Å². The molecule has 1 nitrogen and oxygen atoms in total. The second-order valence-electron chi connectivity index (χ2n) is 5.65. The standard InChI is InChI=1S/C16H10.C4H11N.C2H6/c1-2-8-13-12(7-1)14-9-3-5-11-6-4-10-15(13)16(11)14;1-4-5(2)3;1-2/h1-10H;4H2,1-3H3;1-2H3. The highest BCUT2D eigenvalue weighted by molar-refractivity contribution is 6.15. The first-order chi connectivity index (χ1) is 11.2. The van der Waals surface area contributed by atoms with Gasteiger partial charge >= 0.3 is 0 Å². The second-order valence-corrected chi connectivity index (χ2v) is 5.65. The maximum atomic E-state index is 2.22. The molecule has 0 amide bonds. The molecule has 0 bridgehead atoms. The molecule has 120 valence electrons. The van der Waals surface area contributed by atoms with E-state index in [2.05, 4.69) is 86.6 Å². The highest BCUT2D eigenvalue weighted by atomic mass is 15.0.